The van der Waals surface area contributed by atoms with Gasteiger partial charge in [-0.1, -0.05) is 23.7 Å². The van der Waals surface area contributed by atoms with Gasteiger partial charge >= 0.3 is 0 Å². The highest BCUT2D eigenvalue weighted by atomic mass is 35.5. The number of primary amides is 1. The molecule has 1 aromatic heterocycles. The van der Waals surface area contributed by atoms with Gasteiger partial charge in [-0.2, -0.15) is 0 Å². The van der Waals surface area contributed by atoms with Gasteiger partial charge in [0, 0.05) is 73.2 Å². The lowest BCUT2D eigenvalue weighted by Crippen LogP contribution is -2.39. The Labute approximate surface area is 183 Å². The number of nitrogens with one attached hydrogen (secondary N) is 1. The van der Waals surface area contributed by atoms with Crippen LogP contribution in [0.15, 0.2) is 36.5 Å². The Morgan fingerprint density at radius 2 is 1.83 bits per heavy atom. The Morgan fingerprint density at radius 1 is 1.07 bits per heavy atom. The Kier molecular flexibility index (Phi) is 6.75. The van der Waals surface area contributed by atoms with Crippen LogP contribution >= 0.6 is 11.6 Å². The molecule has 2 aliphatic heterocycles. The molecule has 1 amide bonds. The van der Waals surface area contributed by atoms with Gasteiger partial charge in [0.05, 0.1) is 0 Å². The van der Waals surface area contributed by atoms with Crippen LogP contribution in [0, 0.1) is 5.92 Å². The Balaban J connectivity index is 1.42. The quantitative estimate of drug-likeness (QED) is 0.708. The topological polar surface area (TPSA) is 74.5 Å². The van der Waals surface area contributed by atoms with Gasteiger partial charge in [0.1, 0.15) is 5.82 Å². The number of hydrogen-bond acceptors (Lipinski definition) is 5. The number of hydrogen-bond donors (Lipinski definition) is 2. The SMILES string of the molecule is NC(=O)C1CCN(c2ncccc2CNCc2c(Cl)cccc2N2CCCC2)CC1. The van der Waals surface area contributed by atoms with E-state index in [0.717, 1.165) is 61.0 Å². The lowest BCUT2D eigenvalue weighted by atomic mass is 9.96. The molecule has 2 saturated heterocycles. The summed E-state index contributed by atoms with van der Waals surface area (Å²) >= 11 is 6.56. The summed E-state index contributed by atoms with van der Waals surface area (Å²) in [5, 5.41) is 4.39. The van der Waals surface area contributed by atoms with Gasteiger partial charge in [-0.05, 0) is 43.9 Å². The van der Waals surface area contributed by atoms with Crippen molar-refractivity contribution < 1.29 is 4.79 Å². The minimum Gasteiger partial charge on any atom is -0.371 e. The van der Waals surface area contributed by atoms with E-state index in [1.807, 2.05) is 24.4 Å². The average molecular weight is 428 g/mol. The van der Waals surface area contributed by atoms with Gasteiger partial charge in [0.15, 0.2) is 0 Å². The normalized spacial score (nSPS) is 17.5. The zero-order valence-corrected chi connectivity index (χ0v) is 18.1. The van der Waals surface area contributed by atoms with Crippen LogP contribution in [0.3, 0.4) is 0 Å². The summed E-state index contributed by atoms with van der Waals surface area (Å²) in [7, 11) is 0. The monoisotopic (exact) mass is 427 g/mol. The lowest BCUT2D eigenvalue weighted by Gasteiger charge is -2.32. The van der Waals surface area contributed by atoms with E-state index in [1.165, 1.54) is 18.5 Å². The molecule has 7 heteroatoms. The van der Waals surface area contributed by atoms with E-state index in [4.69, 9.17) is 17.3 Å². The van der Waals surface area contributed by atoms with Crippen molar-refractivity contribution in [2.75, 3.05) is 36.0 Å². The molecular weight excluding hydrogens is 398 g/mol. The van der Waals surface area contributed by atoms with E-state index >= 15 is 0 Å². The molecule has 1 aromatic carbocycles. The molecule has 160 valence electrons. The van der Waals surface area contributed by atoms with Crippen molar-refractivity contribution in [2.45, 2.75) is 38.8 Å². The molecule has 6 nitrogen and oxygen atoms in total. The number of carbonyl (C=O) groups is 1. The Morgan fingerprint density at radius 3 is 2.57 bits per heavy atom. The molecule has 3 heterocycles. The zero-order chi connectivity index (χ0) is 20.9. The lowest BCUT2D eigenvalue weighted by molar-refractivity contribution is -0.122. The fourth-order valence-electron chi connectivity index (χ4n) is 4.53. The molecule has 4 rings (SSSR count). The van der Waals surface area contributed by atoms with Crippen LogP contribution < -0.4 is 20.9 Å². The second kappa shape index (κ2) is 9.67. The zero-order valence-electron chi connectivity index (χ0n) is 17.3. The van der Waals surface area contributed by atoms with Crippen molar-refractivity contribution in [3.05, 3.63) is 52.7 Å². The van der Waals surface area contributed by atoms with Crippen molar-refractivity contribution in [1.82, 2.24) is 10.3 Å². The highest BCUT2D eigenvalue weighted by Crippen LogP contribution is 2.30. The van der Waals surface area contributed by atoms with Gasteiger partial charge in [-0.3, -0.25) is 4.79 Å². The molecule has 0 unspecified atom stereocenters. The van der Waals surface area contributed by atoms with E-state index in [0.29, 0.717) is 13.1 Å². The minimum atomic E-state index is -0.189. The van der Waals surface area contributed by atoms with Gasteiger partial charge in [0.25, 0.3) is 0 Å². The summed E-state index contributed by atoms with van der Waals surface area (Å²) in [5.41, 5.74) is 9.04. The van der Waals surface area contributed by atoms with E-state index in [2.05, 4.69) is 32.2 Å². The molecule has 0 spiro atoms. The van der Waals surface area contributed by atoms with Crippen molar-refractivity contribution in [3.63, 3.8) is 0 Å². The number of nitrogens with two attached hydrogens (primary N) is 1. The number of anilines is 2. The third kappa shape index (κ3) is 4.71. The molecular formula is C23H30ClN5O. The number of piperidine rings is 1. The second-order valence-electron chi connectivity index (χ2n) is 8.19. The van der Waals surface area contributed by atoms with E-state index < -0.39 is 0 Å². The number of aromatic nitrogens is 1. The van der Waals surface area contributed by atoms with Gasteiger partial charge in [-0.15, -0.1) is 0 Å². The standard InChI is InChI=1S/C23H30ClN5O/c24-20-6-3-7-21(28-11-1-2-12-28)19(20)16-26-15-18-5-4-10-27-23(18)29-13-8-17(9-14-29)22(25)30/h3-7,10,17,26H,1-2,8-9,11-16H2,(H2,25,30). The first-order valence-electron chi connectivity index (χ1n) is 10.8. The molecule has 0 radical (unpaired) electrons. The van der Waals surface area contributed by atoms with E-state index in [-0.39, 0.29) is 11.8 Å². The fraction of sp³-hybridized carbons (Fsp3) is 0.478. The van der Waals surface area contributed by atoms with Crippen LogP contribution in [0.25, 0.3) is 0 Å². The van der Waals surface area contributed by atoms with Gasteiger partial charge in [-0.25, -0.2) is 4.98 Å². The van der Waals surface area contributed by atoms with Crippen LogP contribution in [-0.4, -0.2) is 37.1 Å². The number of halogens is 1. The predicted octanol–water partition coefficient (Wildman–Crippen LogP) is 3.33. The largest absolute Gasteiger partial charge is 0.371 e. The van der Waals surface area contributed by atoms with Crippen LogP contribution in [0.5, 0.6) is 0 Å². The number of carbonyl (C=O) groups excluding carboxylic acids is 1. The number of rotatable bonds is 7. The summed E-state index contributed by atoms with van der Waals surface area (Å²) < 4.78 is 0. The first-order valence-corrected chi connectivity index (χ1v) is 11.2. The Bertz CT molecular complexity index is 876. The van der Waals surface area contributed by atoms with Crippen molar-refractivity contribution in [2.24, 2.45) is 11.7 Å². The molecule has 0 aliphatic carbocycles. The molecule has 0 saturated carbocycles. The molecule has 2 aromatic rings. The minimum absolute atomic E-state index is 0.0178. The predicted molar refractivity (Wildman–Crippen MR) is 122 cm³/mol. The van der Waals surface area contributed by atoms with Crippen molar-refractivity contribution >= 4 is 29.0 Å². The third-order valence-corrected chi connectivity index (χ3v) is 6.58. The average Bonchev–Trinajstić information content (AvgIpc) is 3.30. The summed E-state index contributed by atoms with van der Waals surface area (Å²) in [5.74, 6) is 0.786. The second-order valence-corrected chi connectivity index (χ2v) is 8.59. The number of pyridine rings is 1. The smallest absolute Gasteiger partial charge is 0.220 e. The summed E-state index contributed by atoms with van der Waals surface area (Å²) in [6.45, 7) is 5.23. The first kappa shape index (κ1) is 20.9. The molecule has 0 atom stereocenters. The maximum atomic E-state index is 11.5. The molecule has 30 heavy (non-hydrogen) atoms. The maximum Gasteiger partial charge on any atom is 0.220 e. The maximum absolute atomic E-state index is 11.5. The van der Waals surface area contributed by atoms with Crippen molar-refractivity contribution in [1.29, 1.82) is 0 Å². The van der Waals surface area contributed by atoms with Crippen LogP contribution in [0.4, 0.5) is 11.5 Å². The van der Waals surface area contributed by atoms with Gasteiger partial charge in [0.2, 0.25) is 5.91 Å². The third-order valence-electron chi connectivity index (χ3n) is 6.22. The molecule has 2 aliphatic rings. The number of nitrogens with zero attached hydrogens (tertiary/aromatic N) is 3. The molecule has 2 fully saturated rings. The summed E-state index contributed by atoms with van der Waals surface area (Å²) in [6.07, 6.45) is 5.89. The van der Waals surface area contributed by atoms with Gasteiger partial charge < -0.3 is 20.9 Å². The van der Waals surface area contributed by atoms with E-state index in [9.17, 15) is 4.79 Å². The number of benzene rings is 1. The van der Waals surface area contributed by atoms with Crippen molar-refractivity contribution in [3.8, 4) is 0 Å². The van der Waals surface area contributed by atoms with Crippen LogP contribution in [-0.2, 0) is 17.9 Å². The number of amides is 1. The van der Waals surface area contributed by atoms with Crippen LogP contribution in [0.1, 0.15) is 36.8 Å². The van der Waals surface area contributed by atoms with E-state index in [1.54, 1.807) is 0 Å². The fourth-order valence-corrected chi connectivity index (χ4v) is 4.76. The highest BCUT2D eigenvalue weighted by Gasteiger charge is 2.25. The highest BCUT2D eigenvalue weighted by molar-refractivity contribution is 6.31. The Hall–Kier alpha value is -2.31. The molecule has 3 N–H and O–H groups in total. The summed E-state index contributed by atoms with van der Waals surface area (Å²) in [6, 6.07) is 10.3. The molecule has 0 bridgehead atoms. The van der Waals surface area contributed by atoms with Crippen LogP contribution in [0.2, 0.25) is 5.02 Å². The first-order chi connectivity index (χ1) is 14.6. The summed E-state index contributed by atoms with van der Waals surface area (Å²) in [4.78, 5) is 20.8.